The molecule has 0 unspecified atom stereocenters. The van der Waals surface area contributed by atoms with E-state index in [2.05, 4.69) is 10.6 Å². The van der Waals surface area contributed by atoms with Gasteiger partial charge < -0.3 is 21.1 Å². The highest BCUT2D eigenvalue weighted by Gasteiger charge is 1.95. The summed E-state index contributed by atoms with van der Waals surface area (Å²) in [6.45, 7) is 2.00. The van der Waals surface area contributed by atoms with Gasteiger partial charge in [-0.3, -0.25) is 0 Å². The van der Waals surface area contributed by atoms with Gasteiger partial charge in [-0.05, 0) is 0 Å². The summed E-state index contributed by atoms with van der Waals surface area (Å²) in [5.41, 5.74) is 5.16. The van der Waals surface area contributed by atoms with Gasteiger partial charge in [0.2, 0.25) is 0 Å². The van der Waals surface area contributed by atoms with E-state index in [4.69, 9.17) is 10.5 Å². The number of nitrogens with one attached hydrogen (secondary N) is 2. The fourth-order valence-electron chi connectivity index (χ4n) is 0.515. The Hall–Kier alpha value is -0.520. The minimum atomic E-state index is -0.201. The summed E-state index contributed by atoms with van der Waals surface area (Å²) in [5, 5.41) is 5.15. The van der Waals surface area contributed by atoms with Gasteiger partial charge in [-0.2, -0.15) is 0 Å². The van der Waals surface area contributed by atoms with Crippen LogP contribution in [-0.2, 0) is 4.74 Å². The largest absolute Gasteiger partial charge is 0.383 e. The van der Waals surface area contributed by atoms with Gasteiger partial charge in [-0.1, -0.05) is 0 Å². The van der Waals surface area contributed by atoms with E-state index >= 15 is 0 Å². The predicted octanol–water partition coefficient (Wildman–Crippen LogP) is -0.687. The standard InChI is InChI=1S/C6H15N3O2.ClH/c1-11-5-4-9-6(10)8-3-2-7;/h2-5,7H2,1H3,(H2,8,9,10);1H. The molecule has 4 N–H and O–H groups in total. The molecule has 0 aromatic rings. The van der Waals surface area contributed by atoms with E-state index in [9.17, 15) is 4.79 Å². The second-order valence-corrected chi connectivity index (χ2v) is 1.96. The van der Waals surface area contributed by atoms with E-state index < -0.39 is 0 Å². The molecule has 5 nitrogen and oxygen atoms in total. The van der Waals surface area contributed by atoms with Gasteiger partial charge in [0, 0.05) is 26.7 Å². The molecule has 0 saturated heterocycles. The molecule has 74 valence electrons. The van der Waals surface area contributed by atoms with Crippen molar-refractivity contribution in [3.8, 4) is 0 Å². The van der Waals surface area contributed by atoms with Crippen LogP contribution in [0.2, 0.25) is 0 Å². The van der Waals surface area contributed by atoms with Crippen molar-refractivity contribution in [2.45, 2.75) is 0 Å². The molecule has 0 atom stereocenters. The Labute approximate surface area is 78.4 Å². The van der Waals surface area contributed by atoms with Crippen LogP contribution in [0.1, 0.15) is 0 Å². The van der Waals surface area contributed by atoms with Crippen molar-refractivity contribution in [1.29, 1.82) is 0 Å². The number of carbonyl (C=O) groups excluding carboxylic acids is 1. The van der Waals surface area contributed by atoms with Gasteiger partial charge >= 0.3 is 6.03 Å². The number of rotatable bonds is 5. The Morgan fingerprint density at radius 1 is 1.42 bits per heavy atom. The van der Waals surface area contributed by atoms with Crippen LogP contribution in [0.15, 0.2) is 0 Å². The first-order chi connectivity index (χ1) is 5.31. The van der Waals surface area contributed by atoms with Crippen LogP contribution < -0.4 is 16.4 Å². The van der Waals surface area contributed by atoms with E-state index in [1.807, 2.05) is 0 Å². The quantitative estimate of drug-likeness (QED) is 0.511. The van der Waals surface area contributed by atoms with Crippen molar-refractivity contribution in [3.05, 3.63) is 0 Å². The van der Waals surface area contributed by atoms with Crippen LogP contribution in [0.4, 0.5) is 4.79 Å². The number of ether oxygens (including phenoxy) is 1. The fraction of sp³-hybridized carbons (Fsp3) is 0.833. The molecule has 6 heteroatoms. The molecule has 0 heterocycles. The minimum Gasteiger partial charge on any atom is -0.383 e. The molecule has 0 aliphatic carbocycles. The first-order valence-corrected chi connectivity index (χ1v) is 3.52. The average Bonchev–Trinajstić information content (AvgIpc) is 2.01. The second kappa shape index (κ2) is 10.5. The molecule has 0 rings (SSSR count). The molecule has 0 aliphatic rings. The second-order valence-electron chi connectivity index (χ2n) is 1.96. The molecule has 0 aromatic heterocycles. The van der Waals surface area contributed by atoms with E-state index in [-0.39, 0.29) is 18.4 Å². The van der Waals surface area contributed by atoms with Gasteiger partial charge in [0.25, 0.3) is 0 Å². The summed E-state index contributed by atoms with van der Waals surface area (Å²) in [6.07, 6.45) is 0. The Morgan fingerprint density at radius 3 is 2.50 bits per heavy atom. The third-order valence-electron chi connectivity index (χ3n) is 1.02. The van der Waals surface area contributed by atoms with Gasteiger partial charge in [0.05, 0.1) is 6.61 Å². The highest BCUT2D eigenvalue weighted by Crippen LogP contribution is 1.66. The number of halogens is 1. The van der Waals surface area contributed by atoms with Crippen LogP contribution in [0, 0.1) is 0 Å². The van der Waals surface area contributed by atoms with E-state index in [1.165, 1.54) is 0 Å². The molecule has 0 fully saturated rings. The Morgan fingerprint density at radius 2 is 2.00 bits per heavy atom. The van der Waals surface area contributed by atoms with Crippen molar-refractivity contribution < 1.29 is 9.53 Å². The van der Waals surface area contributed by atoms with Crippen molar-refractivity contribution in [1.82, 2.24) is 10.6 Å². The molecule has 0 radical (unpaired) electrons. The molecular weight excluding hydrogens is 182 g/mol. The van der Waals surface area contributed by atoms with Crippen molar-refractivity contribution in [2.75, 3.05) is 33.4 Å². The lowest BCUT2D eigenvalue weighted by molar-refractivity contribution is 0.196. The van der Waals surface area contributed by atoms with Crippen LogP contribution >= 0.6 is 12.4 Å². The summed E-state index contributed by atoms with van der Waals surface area (Å²) >= 11 is 0. The van der Waals surface area contributed by atoms with Crippen LogP contribution in [0.5, 0.6) is 0 Å². The Kier molecular flexibility index (Phi) is 12.3. The Balaban J connectivity index is 0. The molecule has 0 spiro atoms. The lowest BCUT2D eigenvalue weighted by Crippen LogP contribution is -2.39. The maximum atomic E-state index is 10.7. The number of hydrogen-bond donors (Lipinski definition) is 3. The molecule has 0 bridgehead atoms. The summed E-state index contributed by atoms with van der Waals surface area (Å²) in [5.74, 6) is 0. The molecular formula is C6H16ClN3O2. The molecule has 0 aromatic carbocycles. The first kappa shape index (κ1) is 14.0. The predicted molar refractivity (Wildman–Crippen MR) is 49.6 cm³/mol. The highest BCUT2D eigenvalue weighted by atomic mass is 35.5. The zero-order valence-electron chi connectivity index (χ0n) is 7.13. The number of hydrogen-bond acceptors (Lipinski definition) is 3. The number of urea groups is 1. The van der Waals surface area contributed by atoms with Crippen molar-refractivity contribution >= 4 is 18.4 Å². The lowest BCUT2D eigenvalue weighted by Gasteiger charge is -2.04. The summed E-state index contributed by atoms with van der Waals surface area (Å²) in [4.78, 5) is 10.7. The fourth-order valence-corrected chi connectivity index (χ4v) is 0.515. The number of carbonyl (C=O) groups is 1. The number of methoxy groups -OCH3 is 1. The third kappa shape index (κ3) is 9.48. The maximum absolute atomic E-state index is 10.7. The highest BCUT2D eigenvalue weighted by molar-refractivity contribution is 5.85. The smallest absolute Gasteiger partial charge is 0.314 e. The van der Waals surface area contributed by atoms with Gasteiger partial charge in [0.15, 0.2) is 0 Å². The third-order valence-corrected chi connectivity index (χ3v) is 1.02. The van der Waals surface area contributed by atoms with Crippen molar-refractivity contribution in [3.63, 3.8) is 0 Å². The van der Waals surface area contributed by atoms with E-state index in [0.29, 0.717) is 26.2 Å². The summed E-state index contributed by atoms with van der Waals surface area (Å²) in [6, 6.07) is -0.201. The van der Waals surface area contributed by atoms with Gasteiger partial charge in [-0.25, -0.2) is 4.79 Å². The van der Waals surface area contributed by atoms with Crippen LogP contribution in [0.25, 0.3) is 0 Å². The van der Waals surface area contributed by atoms with Gasteiger partial charge in [0.1, 0.15) is 0 Å². The zero-order chi connectivity index (χ0) is 8.53. The van der Waals surface area contributed by atoms with E-state index in [1.54, 1.807) is 7.11 Å². The zero-order valence-corrected chi connectivity index (χ0v) is 7.95. The Bertz CT molecular complexity index is 113. The van der Waals surface area contributed by atoms with Crippen molar-refractivity contribution in [2.24, 2.45) is 5.73 Å². The monoisotopic (exact) mass is 197 g/mol. The number of amides is 2. The number of nitrogens with two attached hydrogens (primary N) is 1. The maximum Gasteiger partial charge on any atom is 0.314 e. The molecule has 12 heavy (non-hydrogen) atoms. The van der Waals surface area contributed by atoms with Crippen LogP contribution in [-0.4, -0.2) is 39.4 Å². The summed E-state index contributed by atoms with van der Waals surface area (Å²) < 4.78 is 4.73. The van der Waals surface area contributed by atoms with E-state index in [0.717, 1.165) is 0 Å². The summed E-state index contributed by atoms with van der Waals surface area (Å²) in [7, 11) is 1.58. The topological polar surface area (TPSA) is 76.4 Å². The SMILES string of the molecule is COCCNC(=O)NCCN.Cl. The first-order valence-electron chi connectivity index (χ1n) is 3.52. The van der Waals surface area contributed by atoms with Crippen LogP contribution in [0.3, 0.4) is 0 Å². The molecule has 2 amide bonds. The molecule has 0 saturated carbocycles. The average molecular weight is 198 g/mol. The normalized spacial score (nSPS) is 8.50. The van der Waals surface area contributed by atoms with Gasteiger partial charge in [-0.15, -0.1) is 12.4 Å². The minimum absolute atomic E-state index is 0. The lowest BCUT2D eigenvalue weighted by atomic mass is 10.6. The molecule has 0 aliphatic heterocycles.